The van der Waals surface area contributed by atoms with Crippen LogP contribution in [-0.4, -0.2) is 18.7 Å². The van der Waals surface area contributed by atoms with Gasteiger partial charge in [-0.3, -0.25) is 9.59 Å². The second-order valence-corrected chi connectivity index (χ2v) is 13.5. The summed E-state index contributed by atoms with van der Waals surface area (Å²) < 4.78 is 10.2. The van der Waals surface area contributed by atoms with Gasteiger partial charge in [0.1, 0.15) is 0 Å². The Kier molecular flexibility index (Phi) is 31.0. The van der Waals surface area contributed by atoms with Crippen molar-refractivity contribution in [2.24, 2.45) is 11.8 Å². The first-order chi connectivity index (χ1) is 19.9. The van der Waals surface area contributed by atoms with Crippen molar-refractivity contribution in [3.63, 3.8) is 0 Å². The first kappa shape index (κ1) is 39.9. The molecule has 0 spiro atoms. The van der Waals surface area contributed by atoms with Crippen LogP contribution < -0.4 is 0 Å². The highest BCUT2D eigenvalue weighted by molar-refractivity contribution is 5.70. The average molecular weight is 581 g/mol. The van der Waals surface area contributed by atoms with Gasteiger partial charge in [0.15, 0.2) is 0 Å². The topological polar surface area (TPSA) is 52.6 Å². The molecule has 4 nitrogen and oxygen atoms in total. The molecule has 0 aromatic rings. The maximum absolute atomic E-state index is 11.9. The minimum absolute atomic E-state index is 0.229. The quantitative estimate of drug-likeness (QED) is 0.0451. The molecule has 4 heteroatoms. The van der Waals surface area contributed by atoms with Gasteiger partial charge in [-0.2, -0.15) is 0 Å². The van der Waals surface area contributed by atoms with Crippen molar-refractivity contribution < 1.29 is 19.1 Å². The molecule has 41 heavy (non-hydrogen) atoms. The number of carbonyl (C=O) groups is 2. The highest BCUT2D eigenvalue weighted by Gasteiger charge is 2.06. The van der Waals surface area contributed by atoms with Gasteiger partial charge in [-0.15, -0.1) is 0 Å². The first-order valence-corrected chi connectivity index (χ1v) is 18.2. The van der Waals surface area contributed by atoms with E-state index < -0.39 is 0 Å². The van der Waals surface area contributed by atoms with Crippen LogP contribution in [0.5, 0.6) is 0 Å². The van der Waals surface area contributed by atoms with Crippen LogP contribution in [0.25, 0.3) is 0 Å². The van der Waals surface area contributed by atoms with Crippen molar-refractivity contribution >= 4 is 11.9 Å². The Hall–Kier alpha value is -1.06. The third kappa shape index (κ3) is 35.0. The SMILES string of the molecule is CC(C)CCCCCCCCCCCCCCC(=O)OCOC(=O)CCCCCCCCCCCCCCC(C)C. The lowest BCUT2D eigenvalue weighted by molar-refractivity contribution is -0.167. The van der Waals surface area contributed by atoms with Gasteiger partial charge in [0.2, 0.25) is 6.79 Å². The molecule has 0 N–H and O–H groups in total. The van der Waals surface area contributed by atoms with Gasteiger partial charge in [-0.25, -0.2) is 0 Å². The van der Waals surface area contributed by atoms with Crippen LogP contribution in [0.2, 0.25) is 0 Å². The smallest absolute Gasteiger partial charge is 0.308 e. The average Bonchev–Trinajstić information content (AvgIpc) is 2.93. The number of carbonyl (C=O) groups excluding carboxylic acids is 2. The molecule has 0 saturated carbocycles. The number of esters is 2. The molecule has 0 atom stereocenters. The van der Waals surface area contributed by atoms with E-state index in [0.29, 0.717) is 12.8 Å². The Bertz CT molecular complexity index is 509. The van der Waals surface area contributed by atoms with E-state index in [-0.39, 0.29) is 18.7 Å². The van der Waals surface area contributed by atoms with E-state index in [4.69, 9.17) is 9.47 Å². The number of hydrogen-bond acceptors (Lipinski definition) is 4. The monoisotopic (exact) mass is 581 g/mol. The van der Waals surface area contributed by atoms with Crippen LogP contribution in [0.3, 0.4) is 0 Å². The molecule has 0 fully saturated rings. The second kappa shape index (κ2) is 31.9. The molecule has 0 saturated heterocycles. The second-order valence-electron chi connectivity index (χ2n) is 13.5. The Labute approximate surface area is 256 Å². The van der Waals surface area contributed by atoms with Crippen molar-refractivity contribution in [3.8, 4) is 0 Å². The molecule has 244 valence electrons. The summed E-state index contributed by atoms with van der Waals surface area (Å²) >= 11 is 0. The summed E-state index contributed by atoms with van der Waals surface area (Å²) in [4.78, 5) is 23.7. The summed E-state index contributed by atoms with van der Waals surface area (Å²) in [6.07, 6.45) is 34.4. The fourth-order valence-corrected chi connectivity index (χ4v) is 5.48. The molecular weight excluding hydrogens is 508 g/mol. The first-order valence-electron chi connectivity index (χ1n) is 18.2. The van der Waals surface area contributed by atoms with E-state index in [9.17, 15) is 9.59 Å². The molecule has 0 aromatic heterocycles. The number of unbranched alkanes of at least 4 members (excludes halogenated alkanes) is 22. The minimum atomic E-state index is -0.252. The van der Waals surface area contributed by atoms with Crippen LogP contribution in [-0.2, 0) is 19.1 Å². The summed E-state index contributed by atoms with van der Waals surface area (Å²) in [5.74, 6) is 1.20. The zero-order valence-corrected chi connectivity index (χ0v) is 28.3. The van der Waals surface area contributed by atoms with Gasteiger partial charge in [-0.05, 0) is 24.7 Å². The van der Waals surface area contributed by atoms with Crippen molar-refractivity contribution in [3.05, 3.63) is 0 Å². The zero-order chi connectivity index (χ0) is 30.2. The largest absolute Gasteiger partial charge is 0.428 e. The third-order valence-electron chi connectivity index (χ3n) is 8.26. The van der Waals surface area contributed by atoms with Crippen molar-refractivity contribution in [1.82, 2.24) is 0 Å². The van der Waals surface area contributed by atoms with E-state index in [0.717, 1.165) is 37.5 Å². The standard InChI is InChI=1S/C37H72O4/c1-34(2)29-25-21-17-13-9-5-7-11-15-19-23-27-31-36(38)40-33-41-37(39)32-28-24-20-16-12-8-6-10-14-18-22-26-30-35(3)4/h34-35H,5-33H2,1-4H3. The Morgan fingerprint density at radius 1 is 0.366 bits per heavy atom. The Morgan fingerprint density at radius 2 is 0.585 bits per heavy atom. The van der Waals surface area contributed by atoms with E-state index in [1.54, 1.807) is 0 Å². The van der Waals surface area contributed by atoms with Gasteiger partial charge in [-0.1, -0.05) is 182 Å². The molecular formula is C37H72O4. The van der Waals surface area contributed by atoms with Crippen molar-refractivity contribution in [2.75, 3.05) is 6.79 Å². The number of hydrogen-bond donors (Lipinski definition) is 0. The molecule has 0 radical (unpaired) electrons. The lowest BCUT2D eigenvalue weighted by Gasteiger charge is -2.07. The predicted molar refractivity (Wildman–Crippen MR) is 176 cm³/mol. The van der Waals surface area contributed by atoms with Gasteiger partial charge >= 0.3 is 11.9 Å². The molecule has 0 bridgehead atoms. The number of rotatable bonds is 32. The summed E-state index contributed by atoms with van der Waals surface area (Å²) in [6, 6.07) is 0. The zero-order valence-electron chi connectivity index (χ0n) is 28.3. The lowest BCUT2D eigenvalue weighted by atomic mass is 10.0. The molecule has 0 aromatic carbocycles. The van der Waals surface area contributed by atoms with Crippen molar-refractivity contribution in [1.29, 1.82) is 0 Å². The van der Waals surface area contributed by atoms with E-state index >= 15 is 0 Å². The van der Waals surface area contributed by atoms with Gasteiger partial charge < -0.3 is 9.47 Å². The van der Waals surface area contributed by atoms with Gasteiger partial charge in [0, 0.05) is 12.8 Å². The Morgan fingerprint density at radius 3 is 0.829 bits per heavy atom. The van der Waals surface area contributed by atoms with Crippen molar-refractivity contribution in [2.45, 2.75) is 207 Å². The molecule has 0 aliphatic rings. The van der Waals surface area contributed by atoms with Crippen LogP contribution in [0.1, 0.15) is 207 Å². The van der Waals surface area contributed by atoms with Crippen LogP contribution in [0, 0.1) is 11.8 Å². The molecule has 0 rings (SSSR count). The Balaban J connectivity index is 3.28. The summed E-state index contributed by atoms with van der Waals surface area (Å²) in [5, 5.41) is 0. The predicted octanol–water partition coefficient (Wildman–Crippen LogP) is 12.3. The third-order valence-corrected chi connectivity index (χ3v) is 8.26. The van der Waals surface area contributed by atoms with E-state index in [1.165, 1.54) is 141 Å². The van der Waals surface area contributed by atoms with E-state index in [2.05, 4.69) is 27.7 Å². The van der Waals surface area contributed by atoms with E-state index in [1.807, 2.05) is 0 Å². The van der Waals surface area contributed by atoms with Gasteiger partial charge in [0.25, 0.3) is 0 Å². The summed E-state index contributed by atoms with van der Waals surface area (Å²) in [5.41, 5.74) is 0. The van der Waals surface area contributed by atoms with Crippen LogP contribution in [0.15, 0.2) is 0 Å². The fourth-order valence-electron chi connectivity index (χ4n) is 5.48. The number of ether oxygens (including phenoxy) is 2. The molecule has 0 amide bonds. The highest BCUT2D eigenvalue weighted by Crippen LogP contribution is 2.16. The molecule has 0 heterocycles. The summed E-state index contributed by atoms with van der Waals surface area (Å²) in [7, 11) is 0. The van der Waals surface area contributed by atoms with Crippen LogP contribution in [0.4, 0.5) is 0 Å². The maximum Gasteiger partial charge on any atom is 0.308 e. The minimum Gasteiger partial charge on any atom is -0.428 e. The normalized spacial score (nSPS) is 11.5. The molecule has 0 aliphatic carbocycles. The fraction of sp³-hybridized carbons (Fsp3) is 0.946. The molecule has 0 aliphatic heterocycles. The molecule has 0 unspecified atom stereocenters. The lowest BCUT2D eigenvalue weighted by Crippen LogP contribution is -2.12. The highest BCUT2D eigenvalue weighted by atomic mass is 16.7. The maximum atomic E-state index is 11.9. The van der Waals surface area contributed by atoms with Crippen LogP contribution >= 0.6 is 0 Å². The summed E-state index contributed by atoms with van der Waals surface area (Å²) in [6.45, 7) is 9.02. The van der Waals surface area contributed by atoms with Gasteiger partial charge in [0.05, 0.1) is 0 Å².